The molecule has 2 amide bonds. The van der Waals surface area contributed by atoms with Gasteiger partial charge >= 0.3 is 0 Å². The Bertz CT molecular complexity index is 916. The first-order chi connectivity index (χ1) is 14.1. The quantitative estimate of drug-likeness (QED) is 0.479. The Morgan fingerprint density at radius 2 is 1.52 bits per heavy atom. The Labute approximate surface area is 175 Å². The summed E-state index contributed by atoms with van der Waals surface area (Å²) in [5.41, 5.74) is 2.12. The van der Waals surface area contributed by atoms with Crippen molar-refractivity contribution in [3.8, 4) is 0 Å². The third-order valence-corrected chi connectivity index (χ3v) is 6.77. The van der Waals surface area contributed by atoms with Crippen LogP contribution in [0, 0.1) is 5.82 Å². The van der Waals surface area contributed by atoms with Gasteiger partial charge < -0.3 is 0 Å². The summed E-state index contributed by atoms with van der Waals surface area (Å²) in [6, 6.07) is 15.7. The van der Waals surface area contributed by atoms with Crippen LogP contribution in [0.25, 0.3) is 5.57 Å². The van der Waals surface area contributed by atoms with Crippen LogP contribution in [-0.4, -0.2) is 22.8 Å². The van der Waals surface area contributed by atoms with Crippen LogP contribution < -0.4 is 0 Å². The molecular formula is C24H24FNO2S. The molecule has 0 bridgehead atoms. The molecule has 5 heteroatoms. The number of halogens is 1. The zero-order chi connectivity index (χ0) is 20.2. The number of carbonyl (C=O) groups excluding carboxylic acids is 2. The molecule has 2 aromatic carbocycles. The van der Waals surface area contributed by atoms with E-state index in [1.54, 1.807) is 12.1 Å². The molecule has 0 unspecified atom stereocenters. The number of hydrogen-bond donors (Lipinski definition) is 0. The average Bonchev–Trinajstić information content (AvgIpc) is 2.90. The van der Waals surface area contributed by atoms with Crippen molar-refractivity contribution in [2.75, 3.05) is 0 Å². The Kier molecular flexibility index (Phi) is 6.14. The van der Waals surface area contributed by atoms with Crippen molar-refractivity contribution in [3.05, 3.63) is 76.4 Å². The fourth-order valence-corrected chi connectivity index (χ4v) is 5.18. The van der Waals surface area contributed by atoms with E-state index in [1.807, 2.05) is 30.3 Å². The molecule has 1 saturated carbocycles. The molecule has 1 aliphatic carbocycles. The van der Waals surface area contributed by atoms with Gasteiger partial charge in [0.2, 0.25) is 0 Å². The largest absolute Gasteiger partial charge is 0.271 e. The van der Waals surface area contributed by atoms with Gasteiger partial charge in [-0.1, -0.05) is 68.1 Å². The van der Waals surface area contributed by atoms with Crippen molar-refractivity contribution < 1.29 is 14.0 Å². The molecular weight excluding hydrogens is 385 g/mol. The number of imide groups is 1. The van der Waals surface area contributed by atoms with Gasteiger partial charge in [0, 0.05) is 11.8 Å². The molecule has 0 radical (unpaired) electrons. The highest BCUT2D eigenvalue weighted by Gasteiger charge is 2.42. The van der Waals surface area contributed by atoms with Gasteiger partial charge in [0.15, 0.2) is 0 Å². The Hall–Kier alpha value is -2.40. The van der Waals surface area contributed by atoms with Crippen molar-refractivity contribution in [1.82, 2.24) is 4.90 Å². The van der Waals surface area contributed by atoms with E-state index < -0.39 is 0 Å². The second-order valence-corrected chi connectivity index (χ2v) is 8.60. The van der Waals surface area contributed by atoms with Crippen LogP contribution in [0.1, 0.15) is 49.7 Å². The Balaban J connectivity index is 1.67. The highest BCUT2D eigenvalue weighted by molar-refractivity contribution is 8.03. The zero-order valence-electron chi connectivity index (χ0n) is 16.3. The SMILES string of the molecule is O=C1C(SCc2ccccc2)=C(c2ccc(F)cc2)C(=O)N1C1CCCCCC1. The van der Waals surface area contributed by atoms with E-state index in [2.05, 4.69) is 0 Å². The molecule has 0 aromatic heterocycles. The molecule has 0 spiro atoms. The van der Waals surface area contributed by atoms with Crippen molar-refractivity contribution >= 4 is 29.1 Å². The van der Waals surface area contributed by atoms with Crippen molar-refractivity contribution in [1.29, 1.82) is 0 Å². The fourth-order valence-electron chi connectivity index (χ4n) is 4.11. The first-order valence-corrected chi connectivity index (χ1v) is 11.2. The lowest BCUT2D eigenvalue weighted by atomic mass is 10.0. The minimum absolute atomic E-state index is 0.0391. The molecule has 3 nitrogen and oxygen atoms in total. The predicted octanol–water partition coefficient (Wildman–Crippen LogP) is 5.56. The van der Waals surface area contributed by atoms with E-state index in [4.69, 9.17) is 0 Å². The molecule has 2 aromatic rings. The molecule has 1 aliphatic heterocycles. The van der Waals surface area contributed by atoms with E-state index in [9.17, 15) is 14.0 Å². The third kappa shape index (κ3) is 4.30. The number of rotatable bonds is 5. The van der Waals surface area contributed by atoms with E-state index in [1.165, 1.54) is 28.8 Å². The maximum atomic E-state index is 13.4. The lowest BCUT2D eigenvalue weighted by Gasteiger charge is -2.25. The maximum Gasteiger partial charge on any atom is 0.268 e. The highest BCUT2D eigenvalue weighted by Crippen LogP contribution is 2.40. The number of thioether (sulfide) groups is 1. The monoisotopic (exact) mass is 409 g/mol. The predicted molar refractivity (Wildman–Crippen MR) is 114 cm³/mol. The Morgan fingerprint density at radius 1 is 0.862 bits per heavy atom. The molecule has 150 valence electrons. The average molecular weight is 410 g/mol. The van der Waals surface area contributed by atoms with Crippen LogP contribution in [0.4, 0.5) is 4.39 Å². The normalized spacial score (nSPS) is 18.4. The van der Waals surface area contributed by atoms with Gasteiger partial charge in [-0.15, -0.1) is 11.8 Å². The topological polar surface area (TPSA) is 37.4 Å². The second-order valence-electron chi connectivity index (χ2n) is 7.61. The summed E-state index contributed by atoms with van der Waals surface area (Å²) in [6.45, 7) is 0. The maximum absolute atomic E-state index is 13.4. The Morgan fingerprint density at radius 3 is 2.17 bits per heavy atom. The summed E-state index contributed by atoms with van der Waals surface area (Å²) in [5.74, 6) is -0.172. The summed E-state index contributed by atoms with van der Waals surface area (Å²) < 4.78 is 13.4. The fraction of sp³-hybridized carbons (Fsp3) is 0.333. The summed E-state index contributed by atoms with van der Waals surface area (Å²) >= 11 is 1.40. The lowest BCUT2D eigenvalue weighted by Crippen LogP contribution is -2.40. The number of hydrogen-bond acceptors (Lipinski definition) is 3. The van der Waals surface area contributed by atoms with Gasteiger partial charge in [0.25, 0.3) is 11.8 Å². The first-order valence-electron chi connectivity index (χ1n) is 10.2. The molecule has 2 aliphatic rings. The van der Waals surface area contributed by atoms with Crippen LogP contribution in [0.2, 0.25) is 0 Å². The summed E-state index contributed by atoms with van der Waals surface area (Å²) in [6.07, 6.45) is 6.12. The molecule has 4 rings (SSSR count). The van der Waals surface area contributed by atoms with Gasteiger partial charge in [0.05, 0.1) is 10.5 Å². The molecule has 0 saturated heterocycles. The van der Waals surface area contributed by atoms with E-state index in [-0.39, 0.29) is 23.7 Å². The van der Waals surface area contributed by atoms with Crippen LogP contribution in [0.5, 0.6) is 0 Å². The summed E-state index contributed by atoms with van der Waals surface area (Å²) in [5, 5.41) is 0. The van der Waals surface area contributed by atoms with Crippen LogP contribution in [-0.2, 0) is 15.3 Å². The van der Waals surface area contributed by atoms with Crippen molar-refractivity contribution in [2.24, 2.45) is 0 Å². The number of benzene rings is 2. The van der Waals surface area contributed by atoms with Crippen LogP contribution >= 0.6 is 11.8 Å². The van der Waals surface area contributed by atoms with Crippen molar-refractivity contribution in [2.45, 2.75) is 50.3 Å². The van der Waals surface area contributed by atoms with Gasteiger partial charge in [0.1, 0.15) is 5.82 Å². The number of nitrogens with zero attached hydrogens (tertiary/aromatic N) is 1. The number of amides is 2. The van der Waals surface area contributed by atoms with E-state index in [0.29, 0.717) is 21.8 Å². The molecule has 0 atom stereocenters. The van der Waals surface area contributed by atoms with Gasteiger partial charge in [-0.2, -0.15) is 0 Å². The van der Waals surface area contributed by atoms with E-state index in [0.717, 1.165) is 44.1 Å². The highest BCUT2D eigenvalue weighted by atomic mass is 32.2. The van der Waals surface area contributed by atoms with Crippen LogP contribution in [0.3, 0.4) is 0 Å². The minimum Gasteiger partial charge on any atom is -0.271 e. The zero-order valence-corrected chi connectivity index (χ0v) is 17.1. The second kappa shape index (κ2) is 8.95. The van der Waals surface area contributed by atoms with Crippen LogP contribution in [0.15, 0.2) is 59.5 Å². The standard InChI is InChI=1S/C24H24FNO2S/c25-19-14-12-18(13-15-19)21-22(29-16-17-8-4-3-5-9-17)24(28)26(23(21)27)20-10-6-1-2-7-11-20/h3-5,8-9,12-15,20H,1-2,6-7,10-11,16H2. The van der Waals surface area contributed by atoms with E-state index >= 15 is 0 Å². The molecule has 29 heavy (non-hydrogen) atoms. The third-order valence-electron chi connectivity index (χ3n) is 5.62. The summed E-state index contributed by atoms with van der Waals surface area (Å²) in [4.78, 5) is 28.7. The molecule has 1 fully saturated rings. The van der Waals surface area contributed by atoms with Gasteiger partial charge in [-0.25, -0.2) is 4.39 Å². The van der Waals surface area contributed by atoms with Gasteiger partial charge in [-0.05, 0) is 36.1 Å². The minimum atomic E-state index is -0.356. The summed E-state index contributed by atoms with van der Waals surface area (Å²) in [7, 11) is 0. The molecule has 0 N–H and O–H groups in total. The lowest BCUT2D eigenvalue weighted by molar-refractivity contribution is -0.139. The van der Waals surface area contributed by atoms with Gasteiger partial charge in [-0.3, -0.25) is 14.5 Å². The number of carbonyl (C=O) groups is 2. The first kappa shape index (κ1) is 19.9. The smallest absolute Gasteiger partial charge is 0.268 e. The van der Waals surface area contributed by atoms with Crippen molar-refractivity contribution in [3.63, 3.8) is 0 Å². The molecule has 1 heterocycles.